The Kier molecular flexibility index (Phi) is 5.70. The first kappa shape index (κ1) is 24.0. The van der Waals surface area contributed by atoms with Gasteiger partial charge in [0.2, 0.25) is 0 Å². The molecule has 192 valence electrons. The lowest BCUT2D eigenvalue weighted by atomic mass is 9.79. The largest absolute Gasteiger partial charge is 0.310 e. The molecule has 0 aromatic heterocycles. The van der Waals surface area contributed by atoms with Crippen molar-refractivity contribution in [1.82, 2.24) is 0 Å². The fraction of sp³-hybridized carbons (Fsp3) is 0.211. The summed E-state index contributed by atoms with van der Waals surface area (Å²) in [7, 11) is 0. The van der Waals surface area contributed by atoms with Crippen LogP contribution in [0.4, 0.5) is 17.1 Å². The second-order valence-corrected chi connectivity index (χ2v) is 11.7. The highest BCUT2D eigenvalue weighted by molar-refractivity contribution is 5.96. The van der Waals surface area contributed by atoms with E-state index in [1.807, 2.05) is 0 Å². The molecule has 39 heavy (non-hydrogen) atoms. The summed E-state index contributed by atoms with van der Waals surface area (Å²) in [5.74, 6) is 0. The Labute approximate surface area is 232 Å². The van der Waals surface area contributed by atoms with E-state index in [9.17, 15) is 0 Å². The van der Waals surface area contributed by atoms with Crippen molar-refractivity contribution in [3.8, 4) is 22.3 Å². The molecule has 0 fully saturated rings. The zero-order chi connectivity index (χ0) is 26.6. The van der Waals surface area contributed by atoms with E-state index in [1.54, 1.807) is 5.56 Å². The molecule has 1 nitrogen and oxygen atoms in total. The Morgan fingerprint density at radius 3 is 1.95 bits per heavy atom. The van der Waals surface area contributed by atoms with Crippen molar-refractivity contribution < 1.29 is 0 Å². The van der Waals surface area contributed by atoms with Gasteiger partial charge in [-0.05, 0) is 114 Å². The van der Waals surface area contributed by atoms with E-state index in [0.29, 0.717) is 0 Å². The number of aryl methyl sites for hydroxylation is 2. The summed E-state index contributed by atoms with van der Waals surface area (Å²) in [6, 6.07) is 40.5. The van der Waals surface area contributed by atoms with E-state index >= 15 is 0 Å². The predicted molar refractivity (Wildman–Crippen MR) is 166 cm³/mol. The number of nitrogens with zero attached hydrogens (tertiary/aromatic N) is 1. The molecule has 1 heteroatoms. The molecule has 0 amide bonds. The van der Waals surface area contributed by atoms with Gasteiger partial charge < -0.3 is 4.90 Å². The van der Waals surface area contributed by atoms with E-state index in [-0.39, 0.29) is 5.41 Å². The number of rotatable bonds is 4. The van der Waals surface area contributed by atoms with Crippen molar-refractivity contribution in [1.29, 1.82) is 0 Å². The summed E-state index contributed by atoms with van der Waals surface area (Å²) in [4.78, 5) is 2.47. The van der Waals surface area contributed by atoms with Crippen molar-refractivity contribution in [3.05, 3.63) is 137 Å². The topological polar surface area (TPSA) is 3.24 Å². The van der Waals surface area contributed by atoms with Gasteiger partial charge in [0.05, 0.1) is 5.69 Å². The smallest absolute Gasteiger partial charge is 0.0543 e. The van der Waals surface area contributed by atoms with E-state index < -0.39 is 0 Å². The maximum Gasteiger partial charge on any atom is 0.0543 e. The van der Waals surface area contributed by atoms with Gasteiger partial charge in [0.15, 0.2) is 0 Å². The first-order valence-corrected chi connectivity index (χ1v) is 14.3. The van der Waals surface area contributed by atoms with Gasteiger partial charge in [0, 0.05) is 22.4 Å². The molecule has 5 aromatic carbocycles. The fourth-order valence-electron chi connectivity index (χ4n) is 7.02. The third kappa shape index (κ3) is 3.83. The third-order valence-corrected chi connectivity index (χ3v) is 8.98. The van der Waals surface area contributed by atoms with Gasteiger partial charge >= 0.3 is 0 Å². The number of para-hydroxylation sites is 2. The Balaban J connectivity index is 1.59. The lowest BCUT2D eigenvalue weighted by Crippen LogP contribution is -2.17. The maximum absolute atomic E-state index is 2.52. The molecule has 2 aliphatic rings. The molecule has 0 unspecified atom stereocenters. The van der Waals surface area contributed by atoms with Gasteiger partial charge in [-0.15, -0.1) is 0 Å². The van der Waals surface area contributed by atoms with Crippen LogP contribution < -0.4 is 4.90 Å². The van der Waals surface area contributed by atoms with Gasteiger partial charge in [0.1, 0.15) is 0 Å². The van der Waals surface area contributed by atoms with Crippen LogP contribution in [0.2, 0.25) is 0 Å². The maximum atomic E-state index is 2.52. The van der Waals surface area contributed by atoms with Crippen LogP contribution >= 0.6 is 0 Å². The molecule has 0 N–H and O–H groups in total. The Morgan fingerprint density at radius 1 is 0.590 bits per heavy atom. The van der Waals surface area contributed by atoms with Crippen LogP contribution in [0.25, 0.3) is 22.3 Å². The molecule has 0 heterocycles. The summed E-state index contributed by atoms with van der Waals surface area (Å²) in [5.41, 5.74) is 16.3. The molecular weight excluding hydrogens is 470 g/mol. The van der Waals surface area contributed by atoms with Crippen molar-refractivity contribution in [2.45, 2.75) is 51.9 Å². The van der Waals surface area contributed by atoms with Gasteiger partial charge in [0.25, 0.3) is 0 Å². The third-order valence-electron chi connectivity index (χ3n) is 8.98. The number of hydrogen-bond donors (Lipinski definition) is 0. The van der Waals surface area contributed by atoms with Crippen molar-refractivity contribution in [2.75, 3.05) is 4.90 Å². The lowest BCUT2D eigenvalue weighted by Gasteiger charge is -2.32. The average molecular weight is 506 g/mol. The molecule has 0 saturated heterocycles. The lowest BCUT2D eigenvalue weighted by molar-refractivity contribution is 0.660. The van der Waals surface area contributed by atoms with Gasteiger partial charge in [-0.3, -0.25) is 0 Å². The minimum atomic E-state index is -0.0661. The standard InChI is InChI=1S/C38H35N/c1-26-22-23-27-14-10-11-19-30(27)37(26)33-24-32-31-20-12-13-21-34(31)38(2,3)35(32)25-36(33)39(28-15-6-4-7-16-28)29-17-8-5-9-18-29/h4-9,12-13,15-18,20-25H,10-11,14,19H2,1-3H3. The average Bonchev–Trinajstić information content (AvgIpc) is 3.20. The molecule has 0 spiro atoms. The van der Waals surface area contributed by atoms with Crippen LogP contribution in [-0.2, 0) is 18.3 Å². The highest BCUT2D eigenvalue weighted by Crippen LogP contribution is 2.54. The molecule has 0 aliphatic heterocycles. The fourth-order valence-corrected chi connectivity index (χ4v) is 7.02. The van der Waals surface area contributed by atoms with Crippen LogP contribution in [0.3, 0.4) is 0 Å². The molecule has 2 aliphatic carbocycles. The first-order valence-electron chi connectivity index (χ1n) is 14.3. The molecule has 0 atom stereocenters. The van der Waals surface area contributed by atoms with E-state index in [4.69, 9.17) is 0 Å². The predicted octanol–water partition coefficient (Wildman–Crippen LogP) is 10.3. The van der Waals surface area contributed by atoms with Crippen LogP contribution in [-0.4, -0.2) is 0 Å². The number of fused-ring (bicyclic) bond motifs is 4. The summed E-state index contributed by atoms with van der Waals surface area (Å²) in [5, 5.41) is 0. The van der Waals surface area contributed by atoms with Gasteiger partial charge in [-0.2, -0.15) is 0 Å². The van der Waals surface area contributed by atoms with Crippen LogP contribution in [0.1, 0.15) is 54.5 Å². The summed E-state index contributed by atoms with van der Waals surface area (Å²) >= 11 is 0. The first-order chi connectivity index (χ1) is 19.0. The van der Waals surface area contributed by atoms with Crippen LogP contribution in [0.15, 0.2) is 109 Å². The van der Waals surface area contributed by atoms with Gasteiger partial charge in [-0.25, -0.2) is 0 Å². The monoisotopic (exact) mass is 505 g/mol. The summed E-state index contributed by atoms with van der Waals surface area (Å²) in [6.07, 6.45) is 4.89. The van der Waals surface area contributed by atoms with Gasteiger partial charge in [-0.1, -0.05) is 86.6 Å². The van der Waals surface area contributed by atoms with Crippen LogP contribution in [0.5, 0.6) is 0 Å². The highest BCUT2D eigenvalue weighted by atomic mass is 15.1. The molecule has 0 bridgehead atoms. The quantitative estimate of drug-likeness (QED) is 0.235. The van der Waals surface area contributed by atoms with Crippen molar-refractivity contribution >= 4 is 17.1 Å². The summed E-state index contributed by atoms with van der Waals surface area (Å²) < 4.78 is 0. The minimum absolute atomic E-state index is 0.0661. The Morgan fingerprint density at radius 2 is 1.23 bits per heavy atom. The van der Waals surface area contributed by atoms with E-state index in [2.05, 4.69) is 135 Å². The Bertz CT molecular complexity index is 1640. The zero-order valence-corrected chi connectivity index (χ0v) is 23.2. The SMILES string of the molecule is Cc1ccc2c(c1-c1cc3c(cc1N(c1ccccc1)c1ccccc1)C(C)(C)c1ccccc1-3)CCCC2. The second-order valence-electron chi connectivity index (χ2n) is 11.7. The molecular formula is C38H35N. The Hall–Kier alpha value is -4.10. The summed E-state index contributed by atoms with van der Waals surface area (Å²) in [6.45, 7) is 7.06. The highest BCUT2D eigenvalue weighted by Gasteiger charge is 2.37. The van der Waals surface area contributed by atoms with E-state index in [0.717, 1.165) is 6.42 Å². The van der Waals surface area contributed by atoms with Crippen LogP contribution in [0, 0.1) is 6.92 Å². The zero-order valence-electron chi connectivity index (χ0n) is 23.2. The van der Waals surface area contributed by atoms with Crippen molar-refractivity contribution in [2.24, 2.45) is 0 Å². The number of anilines is 3. The second kappa shape index (κ2) is 9.27. The number of benzene rings is 5. The number of hydrogen-bond acceptors (Lipinski definition) is 1. The normalized spacial score (nSPS) is 14.8. The minimum Gasteiger partial charge on any atom is -0.310 e. The molecule has 0 radical (unpaired) electrons. The van der Waals surface area contributed by atoms with Crippen molar-refractivity contribution in [3.63, 3.8) is 0 Å². The molecule has 5 aromatic rings. The molecule has 7 rings (SSSR count). The van der Waals surface area contributed by atoms with E-state index in [1.165, 1.54) is 80.8 Å². The molecule has 0 saturated carbocycles.